The van der Waals surface area contributed by atoms with E-state index in [0.29, 0.717) is 5.56 Å². The quantitative estimate of drug-likeness (QED) is 0.877. The average Bonchev–Trinajstić information content (AvgIpc) is 2.55. The van der Waals surface area contributed by atoms with Crippen molar-refractivity contribution in [2.45, 2.75) is 11.2 Å². The summed E-state index contributed by atoms with van der Waals surface area (Å²) in [5.74, 6) is 0. The maximum atomic E-state index is 12.0. The molecule has 0 heterocycles. The van der Waals surface area contributed by atoms with Crippen molar-refractivity contribution in [1.29, 1.82) is 0 Å². The molecule has 0 bridgehead atoms. The van der Waals surface area contributed by atoms with Gasteiger partial charge in [0.25, 0.3) is 10.1 Å². The highest BCUT2D eigenvalue weighted by atomic mass is 32.2. The summed E-state index contributed by atoms with van der Waals surface area (Å²) in [5, 5.41) is 0. The monoisotopic (exact) mass is 312 g/mol. The highest BCUT2D eigenvalue weighted by Crippen LogP contribution is 2.40. The van der Waals surface area contributed by atoms with Crippen LogP contribution in [0.4, 0.5) is 0 Å². The molecule has 2 aromatic carbocycles. The summed E-state index contributed by atoms with van der Waals surface area (Å²) in [4.78, 5) is 0. The Morgan fingerprint density at radius 1 is 0.909 bits per heavy atom. The molecule has 112 valence electrons. The Morgan fingerprint density at radius 2 is 1.50 bits per heavy atom. The molecule has 3 rings (SSSR count). The lowest BCUT2D eigenvalue weighted by Crippen LogP contribution is -2.34. The molecular formula is C18H16O3S. The molecular weight excluding hydrogens is 296 g/mol. The Labute approximate surface area is 130 Å². The predicted octanol–water partition coefficient (Wildman–Crippen LogP) is 3.81. The summed E-state index contributed by atoms with van der Waals surface area (Å²) in [6, 6.07) is 18.6. The van der Waals surface area contributed by atoms with Gasteiger partial charge in [-0.1, -0.05) is 78.9 Å². The summed E-state index contributed by atoms with van der Waals surface area (Å²) < 4.78 is 32.4. The van der Waals surface area contributed by atoms with E-state index in [-0.39, 0.29) is 6.42 Å². The third kappa shape index (κ3) is 2.51. The maximum absolute atomic E-state index is 12.0. The number of allylic oxidation sites excluding steroid dienone is 3. The Balaban J connectivity index is 2.04. The van der Waals surface area contributed by atoms with Crippen molar-refractivity contribution in [3.05, 3.63) is 90.0 Å². The average molecular weight is 312 g/mol. The fraction of sp³-hybridized carbons (Fsp3) is 0.111. The Hall–Kier alpha value is -2.17. The number of hydrogen-bond acceptors (Lipinski definition) is 2. The lowest BCUT2D eigenvalue weighted by Gasteiger charge is -2.29. The van der Waals surface area contributed by atoms with Crippen LogP contribution in [-0.2, 0) is 14.9 Å². The van der Waals surface area contributed by atoms with Gasteiger partial charge >= 0.3 is 0 Å². The van der Waals surface area contributed by atoms with Gasteiger partial charge in [0.1, 0.15) is 4.75 Å². The minimum atomic E-state index is -4.28. The molecule has 3 nitrogen and oxygen atoms in total. The van der Waals surface area contributed by atoms with Crippen LogP contribution in [0.3, 0.4) is 0 Å². The third-order valence-electron chi connectivity index (χ3n) is 3.99. The van der Waals surface area contributed by atoms with E-state index in [1.807, 2.05) is 42.5 Å². The van der Waals surface area contributed by atoms with Crippen molar-refractivity contribution >= 4 is 15.7 Å². The molecule has 1 N–H and O–H groups in total. The van der Waals surface area contributed by atoms with Crippen LogP contribution < -0.4 is 0 Å². The molecule has 1 unspecified atom stereocenters. The largest absolute Gasteiger partial charge is 0.285 e. The summed E-state index contributed by atoms with van der Waals surface area (Å²) >= 11 is 0. The van der Waals surface area contributed by atoms with E-state index < -0.39 is 14.9 Å². The maximum Gasteiger partial charge on any atom is 0.278 e. The molecule has 0 spiro atoms. The van der Waals surface area contributed by atoms with Gasteiger partial charge in [0, 0.05) is 0 Å². The highest BCUT2D eigenvalue weighted by Gasteiger charge is 2.42. The van der Waals surface area contributed by atoms with E-state index in [2.05, 4.69) is 0 Å². The van der Waals surface area contributed by atoms with Crippen LogP contribution in [0.1, 0.15) is 17.5 Å². The SMILES string of the molecule is O=S(=O)(O)C1(c2ccccc2)C=CC(c2ccccc2)=CC1. The van der Waals surface area contributed by atoms with Crippen molar-refractivity contribution in [3.8, 4) is 0 Å². The van der Waals surface area contributed by atoms with Gasteiger partial charge in [0.15, 0.2) is 0 Å². The molecule has 1 aliphatic carbocycles. The number of benzene rings is 2. The van der Waals surface area contributed by atoms with Crippen LogP contribution in [0.25, 0.3) is 5.57 Å². The van der Waals surface area contributed by atoms with Crippen molar-refractivity contribution in [3.63, 3.8) is 0 Å². The molecule has 0 aliphatic heterocycles. The number of rotatable bonds is 3. The molecule has 2 aromatic rings. The first-order valence-electron chi connectivity index (χ1n) is 7.00. The summed E-state index contributed by atoms with van der Waals surface area (Å²) in [5.41, 5.74) is 2.55. The van der Waals surface area contributed by atoms with Gasteiger partial charge in [-0.15, -0.1) is 0 Å². The van der Waals surface area contributed by atoms with Crippen LogP contribution in [0.2, 0.25) is 0 Å². The van der Waals surface area contributed by atoms with E-state index in [1.165, 1.54) is 0 Å². The number of hydrogen-bond donors (Lipinski definition) is 1. The summed E-state index contributed by atoms with van der Waals surface area (Å²) in [7, 11) is -4.28. The summed E-state index contributed by atoms with van der Waals surface area (Å²) in [6.07, 6.45) is 5.41. The Morgan fingerprint density at radius 3 is 2.00 bits per heavy atom. The predicted molar refractivity (Wildman–Crippen MR) is 87.8 cm³/mol. The highest BCUT2D eigenvalue weighted by molar-refractivity contribution is 7.87. The minimum absolute atomic E-state index is 0.205. The second-order valence-electron chi connectivity index (χ2n) is 5.29. The van der Waals surface area contributed by atoms with Gasteiger partial charge in [0.2, 0.25) is 0 Å². The fourth-order valence-corrected chi connectivity index (χ4v) is 3.71. The zero-order valence-corrected chi connectivity index (χ0v) is 12.7. The topological polar surface area (TPSA) is 54.4 Å². The first-order valence-corrected chi connectivity index (χ1v) is 8.44. The van der Waals surface area contributed by atoms with Crippen LogP contribution in [0.15, 0.2) is 78.9 Å². The van der Waals surface area contributed by atoms with Gasteiger partial charge < -0.3 is 0 Å². The third-order valence-corrected chi connectivity index (χ3v) is 5.45. The van der Waals surface area contributed by atoms with E-state index >= 15 is 0 Å². The molecule has 0 radical (unpaired) electrons. The van der Waals surface area contributed by atoms with E-state index in [9.17, 15) is 13.0 Å². The molecule has 0 aromatic heterocycles. The second kappa shape index (κ2) is 5.55. The molecule has 22 heavy (non-hydrogen) atoms. The minimum Gasteiger partial charge on any atom is -0.285 e. The van der Waals surface area contributed by atoms with Gasteiger partial charge in [-0.2, -0.15) is 8.42 Å². The molecule has 0 fully saturated rings. The van der Waals surface area contributed by atoms with Crippen molar-refractivity contribution < 1.29 is 13.0 Å². The van der Waals surface area contributed by atoms with Crippen LogP contribution >= 0.6 is 0 Å². The van der Waals surface area contributed by atoms with Gasteiger partial charge in [-0.3, -0.25) is 4.55 Å². The van der Waals surface area contributed by atoms with Crippen LogP contribution in [0, 0.1) is 0 Å². The smallest absolute Gasteiger partial charge is 0.278 e. The van der Waals surface area contributed by atoms with E-state index in [0.717, 1.165) is 11.1 Å². The normalized spacial score (nSPS) is 21.4. The van der Waals surface area contributed by atoms with Gasteiger partial charge in [-0.25, -0.2) is 0 Å². The van der Waals surface area contributed by atoms with Crippen LogP contribution in [0.5, 0.6) is 0 Å². The van der Waals surface area contributed by atoms with Crippen LogP contribution in [-0.4, -0.2) is 13.0 Å². The van der Waals surface area contributed by atoms with Crippen molar-refractivity contribution in [2.75, 3.05) is 0 Å². The van der Waals surface area contributed by atoms with Crippen molar-refractivity contribution in [2.24, 2.45) is 0 Å². The zero-order chi connectivity index (χ0) is 15.6. The zero-order valence-electron chi connectivity index (χ0n) is 11.9. The molecule has 0 saturated carbocycles. The van der Waals surface area contributed by atoms with Gasteiger partial charge in [-0.05, 0) is 23.1 Å². The van der Waals surface area contributed by atoms with E-state index in [4.69, 9.17) is 0 Å². The molecule has 1 atom stereocenters. The Bertz CT molecular complexity index is 821. The molecule has 0 amide bonds. The summed E-state index contributed by atoms with van der Waals surface area (Å²) in [6.45, 7) is 0. The van der Waals surface area contributed by atoms with E-state index in [1.54, 1.807) is 36.4 Å². The van der Waals surface area contributed by atoms with Crippen molar-refractivity contribution in [1.82, 2.24) is 0 Å². The Kier molecular flexibility index (Phi) is 3.72. The fourth-order valence-electron chi connectivity index (χ4n) is 2.74. The molecule has 1 aliphatic rings. The second-order valence-corrected chi connectivity index (χ2v) is 6.97. The lowest BCUT2D eigenvalue weighted by atomic mass is 9.87. The molecule has 0 saturated heterocycles. The van der Waals surface area contributed by atoms with Gasteiger partial charge in [0.05, 0.1) is 0 Å². The first kappa shape index (κ1) is 14.8. The molecule has 4 heteroatoms. The standard InChI is InChI=1S/C18H16O3S/c19-22(20,21)18(17-9-5-2-6-10-17)13-11-16(12-14-18)15-7-3-1-4-8-15/h1-13H,14H2,(H,19,20,21). The first-order chi connectivity index (χ1) is 10.5. The lowest BCUT2D eigenvalue weighted by molar-refractivity contribution is 0.448.